The van der Waals surface area contributed by atoms with E-state index in [0.29, 0.717) is 17.1 Å². The first kappa shape index (κ1) is 20.2. The highest BCUT2D eigenvalue weighted by atomic mass is 79.9. The van der Waals surface area contributed by atoms with Crippen LogP contribution in [0.1, 0.15) is 11.1 Å². The van der Waals surface area contributed by atoms with Gasteiger partial charge in [-0.05, 0) is 43.2 Å². The molecule has 3 rings (SSSR count). The zero-order chi connectivity index (χ0) is 20.3. The first-order valence-electron chi connectivity index (χ1n) is 8.62. The zero-order valence-corrected chi connectivity index (χ0v) is 17.8. The van der Waals surface area contributed by atoms with Crippen LogP contribution in [0.25, 0.3) is 0 Å². The second-order valence-electron chi connectivity index (χ2n) is 6.32. The molecule has 5 nitrogen and oxygen atoms in total. The number of rotatable bonds is 4. The minimum atomic E-state index is -0.501. The van der Waals surface area contributed by atoms with Crippen molar-refractivity contribution in [2.45, 2.75) is 18.6 Å². The number of amides is 2. The van der Waals surface area contributed by atoms with Crippen molar-refractivity contribution >= 4 is 45.2 Å². The summed E-state index contributed by atoms with van der Waals surface area (Å²) in [4.78, 5) is 26.9. The van der Waals surface area contributed by atoms with Crippen LogP contribution in [-0.4, -0.2) is 24.1 Å². The molecule has 0 saturated carbocycles. The summed E-state index contributed by atoms with van der Waals surface area (Å²) in [5, 5.41) is 12.0. The number of thioether (sulfide) groups is 1. The molecule has 2 aromatic carbocycles. The van der Waals surface area contributed by atoms with Crippen LogP contribution in [0, 0.1) is 18.3 Å². The number of nitrogens with one attached hydrogen (secondary N) is 1. The Morgan fingerprint density at radius 1 is 1.21 bits per heavy atom. The van der Waals surface area contributed by atoms with Crippen LogP contribution in [-0.2, 0) is 16.0 Å². The smallest absolute Gasteiger partial charge is 0.264 e. The van der Waals surface area contributed by atoms with Crippen LogP contribution in [0.3, 0.4) is 0 Å². The normalized spacial score (nSPS) is 18.0. The van der Waals surface area contributed by atoms with Gasteiger partial charge in [-0.2, -0.15) is 5.26 Å². The van der Waals surface area contributed by atoms with Gasteiger partial charge in [0.1, 0.15) is 16.7 Å². The third-order valence-electron chi connectivity index (χ3n) is 4.36. The van der Waals surface area contributed by atoms with Gasteiger partial charge in [0.25, 0.3) is 5.91 Å². The van der Waals surface area contributed by atoms with Gasteiger partial charge in [0, 0.05) is 17.2 Å². The number of nitrogens with zero attached hydrogens (tertiary/aromatic N) is 2. The van der Waals surface area contributed by atoms with Crippen LogP contribution >= 0.6 is 27.7 Å². The number of carbonyl (C=O) groups excluding carboxylic acids is 2. The Labute approximate surface area is 176 Å². The summed E-state index contributed by atoms with van der Waals surface area (Å²) >= 11 is 4.67. The maximum absolute atomic E-state index is 13.2. The Morgan fingerprint density at radius 2 is 1.86 bits per heavy atom. The van der Waals surface area contributed by atoms with E-state index in [9.17, 15) is 14.9 Å². The molecule has 1 saturated heterocycles. The lowest BCUT2D eigenvalue weighted by Crippen LogP contribution is -2.31. The van der Waals surface area contributed by atoms with Crippen LogP contribution in [0.4, 0.5) is 5.69 Å². The number of carbonyl (C=O) groups is 2. The molecule has 2 aromatic rings. The SMILES string of the molecule is CNC(=O)/C(C#N)=C1\SC(Cc2ccc(Br)cc2)C(=O)N1c1ccc(C)cc1. The standard InChI is InChI=1S/C21H18BrN3O2S/c1-13-3-9-16(10-4-13)25-20(27)18(11-14-5-7-15(22)8-6-14)28-21(25)17(12-23)19(26)24-2/h3-10,18H,11H2,1-2H3,(H,24,26)/b21-17-. The molecule has 1 N–H and O–H groups in total. The van der Waals surface area contributed by atoms with Crippen LogP contribution in [0.2, 0.25) is 0 Å². The quantitative estimate of drug-likeness (QED) is 0.559. The summed E-state index contributed by atoms with van der Waals surface area (Å²) in [5.74, 6) is -0.636. The van der Waals surface area contributed by atoms with Crippen molar-refractivity contribution in [3.05, 3.63) is 74.7 Å². The predicted molar refractivity (Wildman–Crippen MR) is 115 cm³/mol. The monoisotopic (exact) mass is 455 g/mol. The summed E-state index contributed by atoms with van der Waals surface area (Å²) in [6, 6.07) is 17.2. The molecule has 1 unspecified atom stereocenters. The molecule has 1 fully saturated rings. The van der Waals surface area contributed by atoms with Crippen LogP contribution in [0.5, 0.6) is 0 Å². The average molecular weight is 456 g/mol. The predicted octanol–water partition coefficient (Wildman–Crippen LogP) is 3.93. The molecule has 28 heavy (non-hydrogen) atoms. The highest BCUT2D eigenvalue weighted by molar-refractivity contribution is 9.10. The summed E-state index contributed by atoms with van der Waals surface area (Å²) in [5.41, 5.74) is 2.66. The van der Waals surface area contributed by atoms with E-state index >= 15 is 0 Å². The lowest BCUT2D eigenvalue weighted by atomic mass is 10.1. The van der Waals surface area contributed by atoms with Gasteiger partial charge in [0.2, 0.25) is 5.91 Å². The third-order valence-corrected chi connectivity index (χ3v) is 6.15. The lowest BCUT2D eigenvalue weighted by molar-refractivity contribution is -0.117. The lowest BCUT2D eigenvalue weighted by Gasteiger charge is -2.18. The van der Waals surface area contributed by atoms with Crippen molar-refractivity contribution in [1.82, 2.24) is 5.32 Å². The minimum absolute atomic E-state index is 0.0558. The summed E-state index contributed by atoms with van der Waals surface area (Å²) in [7, 11) is 1.47. The Kier molecular flexibility index (Phi) is 6.22. The van der Waals surface area contributed by atoms with E-state index in [1.54, 1.807) is 0 Å². The molecule has 0 aromatic heterocycles. The molecule has 7 heteroatoms. The van der Waals surface area contributed by atoms with Gasteiger partial charge >= 0.3 is 0 Å². The van der Waals surface area contributed by atoms with Gasteiger partial charge in [-0.25, -0.2) is 0 Å². The number of nitriles is 1. The Bertz CT molecular complexity index is 978. The first-order chi connectivity index (χ1) is 13.4. The number of hydrogen-bond acceptors (Lipinski definition) is 4. The van der Waals surface area contributed by atoms with E-state index in [4.69, 9.17) is 0 Å². The van der Waals surface area contributed by atoms with Crippen LogP contribution < -0.4 is 10.2 Å². The second-order valence-corrected chi connectivity index (χ2v) is 8.42. The summed E-state index contributed by atoms with van der Waals surface area (Å²) in [6.45, 7) is 1.96. The number of hydrogen-bond donors (Lipinski definition) is 1. The molecule has 1 aliphatic rings. The fourth-order valence-corrected chi connectivity index (χ4v) is 4.45. The highest BCUT2D eigenvalue weighted by Crippen LogP contribution is 2.42. The van der Waals surface area contributed by atoms with Crippen molar-refractivity contribution in [1.29, 1.82) is 5.26 Å². The van der Waals surface area contributed by atoms with Crippen molar-refractivity contribution in [2.24, 2.45) is 0 Å². The summed E-state index contributed by atoms with van der Waals surface area (Å²) < 4.78 is 0.968. The Morgan fingerprint density at radius 3 is 2.43 bits per heavy atom. The maximum atomic E-state index is 13.2. The van der Waals surface area contributed by atoms with Crippen molar-refractivity contribution in [2.75, 3.05) is 11.9 Å². The fourth-order valence-electron chi connectivity index (χ4n) is 2.88. The molecule has 142 valence electrons. The van der Waals surface area contributed by atoms with Gasteiger partial charge in [-0.15, -0.1) is 0 Å². The average Bonchev–Trinajstić information content (AvgIpc) is 3.00. The van der Waals surface area contributed by atoms with Gasteiger partial charge in [0.05, 0.1) is 5.25 Å². The summed E-state index contributed by atoms with van der Waals surface area (Å²) in [6.07, 6.45) is 0.509. The van der Waals surface area contributed by atoms with E-state index in [0.717, 1.165) is 15.6 Å². The van der Waals surface area contributed by atoms with E-state index in [2.05, 4.69) is 21.2 Å². The number of aryl methyl sites for hydroxylation is 1. The molecule has 1 atom stereocenters. The van der Waals surface area contributed by atoms with Gasteiger partial charge in [0.15, 0.2) is 0 Å². The maximum Gasteiger partial charge on any atom is 0.264 e. The van der Waals surface area contributed by atoms with E-state index in [1.165, 1.54) is 23.7 Å². The number of benzene rings is 2. The zero-order valence-electron chi connectivity index (χ0n) is 15.4. The molecule has 0 bridgehead atoms. The van der Waals surface area contributed by atoms with Gasteiger partial charge in [-0.1, -0.05) is 57.5 Å². The minimum Gasteiger partial charge on any atom is -0.354 e. The molecule has 1 heterocycles. The molecular formula is C21H18BrN3O2S. The Balaban J connectivity index is 2.03. The number of halogens is 1. The molecule has 2 amide bonds. The second kappa shape index (κ2) is 8.63. The largest absolute Gasteiger partial charge is 0.354 e. The third kappa shape index (κ3) is 4.13. The van der Waals surface area contributed by atoms with Gasteiger partial charge in [-0.3, -0.25) is 14.5 Å². The molecule has 0 radical (unpaired) electrons. The van der Waals surface area contributed by atoms with Gasteiger partial charge < -0.3 is 5.32 Å². The van der Waals surface area contributed by atoms with E-state index in [-0.39, 0.29) is 11.5 Å². The molecule has 0 aliphatic carbocycles. The van der Waals surface area contributed by atoms with Crippen LogP contribution in [0.15, 0.2) is 63.6 Å². The van der Waals surface area contributed by atoms with E-state index in [1.807, 2.05) is 61.5 Å². The highest BCUT2D eigenvalue weighted by Gasteiger charge is 2.40. The van der Waals surface area contributed by atoms with E-state index < -0.39 is 11.2 Å². The number of anilines is 1. The fraction of sp³-hybridized carbons (Fsp3) is 0.190. The molecular weight excluding hydrogens is 438 g/mol. The molecule has 1 aliphatic heterocycles. The Hall–Kier alpha value is -2.56. The van der Waals surface area contributed by atoms with Crippen molar-refractivity contribution in [3.8, 4) is 6.07 Å². The number of likely N-dealkylation sites (N-methyl/N-ethyl adjacent to an activating group) is 1. The molecule has 0 spiro atoms. The first-order valence-corrected chi connectivity index (χ1v) is 10.3. The van der Waals surface area contributed by atoms with Crippen molar-refractivity contribution in [3.63, 3.8) is 0 Å². The topological polar surface area (TPSA) is 73.2 Å². The van der Waals surface area contributed by atoms with Crippen molar-refractivity contribution < 1.29 is 9.59 Å².